The molecule has 3 atom stereocenters. The van der Waals surface area contributed by atoms with Gasteiger partial charge in [0.25, 0.3) is 0 Å². The fourth-order valence-electron chi connectivity index (χ4n) is 3.66. The second-order valence-electron chi connectivity index (χ2n) is 6.84. The van der Waals surface area contributed by atoms with E-state index in [-0.39, 0.29) is 11.8 Å². The molecule has 1 aliphatic carbocycles. The molecule has 4 rings (SSSR count). The van der Waals surface area contributed by atoms with Crippen molar-refractivity contribution >= 4 is 11.7 Å². The fraction of sp³-hybridized carbons (Fsp3) is 0.400. The predicted molar refractivity (Wildman–Crippen MR) is 94.9 cm³/mol. The van der Waals surface area contributed by atoms with Crippen molar-refractivity contribution in [1.29, 1.82) is 0 Å². The van der Waals surface area contributed by atoms with E-state index >= 15 is 0 Å². The topological polar surface area (TPSA) is 45.2 Å². The summed E-state index contributed by atoms with van der Waals surface area (Å²) < 4.78 is 0. The third kappa shape index (κ3) is 3.28. The number of carbonyl (C=O) groups is 1. The van der Waals surface area contributed by atoms with E-state index in [1.165, 1.54) is 5.56 Å². The van der Waals surface area contributed by atoms with Crippen molar-refractivity contribution < 1.29 is 4.79 Å². The Hall–Kier alpha value is -2.36. The summed E-state index contributed by atoms with van der Waals surface area (Å²) in [5.41, 5.74) is 1.33. The molecule has 2 aliphatic rings. The molecule has 4 nitrogen and oxygen atoms in total. The lowest BCUT2D eigenvalue weighted by atomic mass is 9.97. The highest BCUT2D eigenvalue weighted by Crippen LogP contribution is 2.40. The summed E-state index contributed by atoms with van der Waals surface area (Å²) in [6, 6.07) is 16.7. The molecule has 0 radical (unpaired) electrons. The van der Waals surface area contributed by atoms with E-state index in [0.29, 0.717) is 12.0 Å². The number of nitrogens with one attached hydrogen (secondary N) is 1. The molecule has 0 unspecified atom stereocenters. The number of hydrogen-bond acceptors (Lipinski definition) is 3. The molecule has 0 spiro atoms. The molecule has 1 N–H and O–H groups in total. The molecule has 2 aromatic rings. The van der Waals surface area contributed by atoms with E-state index in [1.54, 1.807) is 0 Å². The van der Waals surface area contributed by atoms with Gasteiger partial charge in [0.15, 0.2) is 0 Å². The molecule has 1 saturated carbocycles. The molecule has 2 heterocycles. The van der Waals surface area contributed by atoms with Gasteiger partial charge in [-0.15, -0.1) is 0 Å². The Bertz CT molecular complexity index is 689. The number of benzene rings is 1. The van der Waals surface area contributed by atoms with Gasteiger partial charge in [0.05, 0.1) is 5.92 Å². The minimum Gasteiger partial charge on any atom is -0.356 e. The number of rotatable bonds is 4. The van der Waals surface area contributed by atoms with Crippen LogP contribution in [0.3, 0.4) is 0 Å². The maximum atomic E-state index is 12.6. The van der Waals surface area contributed by atoms with E-state index in [2.05, 4.69) is 39.5 Å². The number of carbonyl (C=O) groups excluding carboxylic acids is 1. The average molecular weight is 321 g/mol. The van der Waals surface area contributed by atoms with Crippen molar-refractivity contribution in [3.8, 4) is 0 Å². The van der Waals surface area contributed by atoms with Crippen molar-refractivity contribution in [3.63, 3.8) is 0 Å². The van der Waals surface area contributed by atoms with E-state index in [9.17, 15) is 4.79 Å². The monoisotopic (exact) mass is 321 g/mol. The lowest BCUT2D eigenvalue weighted by Crippen LogP contribution is -2.44. The number of aromatic nitrogens is 1. The number of nitrogens with zero attached hydrogens (tertiary/aromatic N) is 2. The largest absolute Gasteiger partial charge is 0.356 e. The quantitative estimate of drug-likeness (QED) is 0.941. The molecular formula is C20H23N3O. The van der Waals surface area contributed by atoms with Crippen LogP contribution in [0.15, 0.2) is 54.7 Å². The number of anilines is 1. The Morgan fingerprint density at radius 2 is 1.96 bits per heavy atom. The molecule has 4 heteroatoms. The van der Waals surface area contributed by atoms with Gasteiger partial charge in [0.1, 0.15) is 5.82 Å². The van der Waals surface area contributed by atoms with E-state index in [1.807, 2.05) is 30.5 Å². The van der Waals surface area contributed by atoms with Crippen LogP contribution in [0.2, 0.25) is 0 Å². The smallest absolute Gasteiger partial charge is 0.225 e. The maximum Gasteiger partial charge on any atom is 0.225 e. The van der Waals surface area contributed by atoms with Gasteiger partial charge in [0.2, 0.25) is 5.91 Å². The minimum atomic E-state index is 0.0674. The number of piperidine rings is 1. The van der Waals surface area contributed by atoms with Gasteiger partial charge < -0.3 is 10.2 Å². The zero-order valence-corrected chi connectivity index (χ0v) is 13.8. The van der Waals surface area contributed by atoms with Gasteiger partial charge in [-0.1, -0.05) is 36.4 Å². The Morgan fingerprint density at radius 3 is 2.75 bits per heavy atom. The molecule has 1 aliphatic heterocycles. The molecular weight excluding hydrogens is 298 g/mol. The second kappa shape index (κ2) is 6.63. The summed E-state index contributed by atoms with van der Waals surface area (Å²) in [5.74, 6) is 1.74. The Morgan fingerprint density at radius 1 is 1.12 bits per heavy atom. The molecule has 124 valence electrons. The van der Waals surface area contributed by atoms with Gasteiger partial charge in [-0.2, -0.15) is 0 Å². The number of pyridine rings is 1. The lowest BCUT2D eigenvalue weighted by molar-refractivity contribution is -0.125. The Kier molecular flexibility index (Phi) is 4.20. The summed E-state index contributed by atoms with van der Waals surface area (Å²) in [4.78, 5) is 19.3. The van der Waals surface area contributed by atoms with Gasteiger partial charge in [0, 0.05) is 31.2 Å². The van der Waals surface area contributed by atoms with E-state index in [0.717, 1.165) is 38.2 Å². The average Bonchev–Trinajstić information content (AvgIpc) is 3.42. The van der Waals surface area contributed by atoms with Gasteiger partial charge in [-0.25, -0.2) is 4.98 Å². The Labute approximate surface area is 142 Å². The normalized spacial score (nSPS) is 26.0. The second-order valence-corrected chi connectivity index (χ2v) is 6.84. The van der Waals surface area contributed by atoms with Crippen LogP contribution in [0.4, 0.5) is 5.82 Å². The third-order valence-corrected chi connectivity index (χ3v) is 5.11. The van der Waals surface area contributed by atoms with Crippen LogP contribution in [0.5, 0.6) is 0 Å². The van der Waals surface area contributed by atoms with Gasteiger partial charge in [-0.05, 0) is 37.0 Å². The van der Waals surface area contributed by atoms with Crippen molar-refractivity contribution in [2.75, 3.05) is 18.0 Å². The zero-order chi connectivity index (χ0) is 16.4. The first kappa shape index (κ1) is 15.2. The first-order valence-electron chi connectivity index (χ1n) is 8.82. The molecule has 2 fully saturated rings. The first-order chi connectivity index (χ1) is 11.8. The molecule has 1 amide bonds. The van der Waals surface area contributed by atoms with Crippen molar-refractivity contribution in [1.82, 2.24) is 10.3 Å². The van der Waals surface area contributed by atoms with Gasteiger partial charge >= 0.3 is 0 Å². The summed E-state index contributed by atoms with van der Waals surface area (Å²) in [6.07, 6.45) is 4.89. The van der Waals surface area contributed by atoms with Crippen LogP contribution in [0.25, 0.3) is 0 Å². The molecule has 0 bridgehead atoms. The van der Waals surface area contributed by atoms with E-state index < -0.39 is 0 Å². The highest BCUT2D eigenvalue weighted by molar-refractivity contribution is 5.80. The van der Waals surface area contributed by atoms with Crippen LogP contribution < -0.4 is 10.2 Å². The summed E-state index contributed by atoms with van der Waals surface area (Å²) in [5, 5.41) is 3.26. The van der Waals surface area contributed by atoms with Crippen molar-refractivity contribution in [2.45, 2.75) is 31.2 Å². The standard InChI is InChI=1S/C20H23N3O/c24-20(22-18-13-17(18)15-7-2-1-3-8-15)16-9-6-12-23(14-16)19-10-4-5-11-21-19/h1-5,7-8,10-11,16-18H,6,9,12-14H2,(H,22,24)/t16-,17+,18+/m0/s1. The van der Waals surface area contributed by atoms with E-state index in [4.69, 9.17) is 0 Å². The van der Waals surface area contributed by atoms with Crippen LogP contribution in [-0.2, 0) is 4.79 Å². The fourth-order valence-corrected chi connectivity index (χ4v) is 3.66. The summed E-state index contributed by atoms with van der Waals surface area (Å²) in [6.45, 7) is 1.75. The van der Waals surface area contributed by atoms with Crippen molar-refractivity contribution in [3.05, 3.63) is 60.3 Å². The van der Waals surface area contributed by atoms with Crippen LogP contribution >= 0.6 is 0 Å². The first-order valence-corrected chi connectivity index (χ1v) is 8.82. The summed E-state index contributed by atoms with van der Waals surface area (Å²) in [7, 11) is 0. The van der Waals surface area contributed by atoms with Crippen LogP contribution in [-0.4, -0.2) is 30.0 Å². The number of amides is 1. The summed E-state index contributed by atoms with van der Waals surface area (Å²) >= 11 is 0. The van der Waals surface area contributed by atoms with Crippen molar-refractivity contribution in [2.24, 2.45) is 5.92 Å². The third-order valence-electron chi connectivity index (χ3n) is 5.11. The van der Waals surface area contributed by atoms with Crippen LogP contribution in [0.1, 0.15) is 30.7 Å². The predicted octanol–water partition coefficient (Wildman–Crippen LogP) is 2.97. The molecule has 24 heavy (non-hydrogen) atoms. The SMILES string of the molecule is O=C(N[C@@H]1C[C@@H]1c1ccccc1)[C@H]1CCCN(c2ccccn2)C1. The molecule has 1 saturated heterocycles. The minimum absolute atomic E-state index is 0.0674. The Balaban J connectivity index is 1.34. The van der Waals surface area contributed by atoms with Gasteiger partial charge in [-0.3, -0.25) is 4.79 Å². The van der Waals surface area contributed by atoms with Crippen LogP contribution in [0, 0.1) is 5.92 Å². The number of hydrogen-bond donors (Lipinski definition) is 1. The zero-order valence-electron chi connectivity index (χ0n) is 13.8. The maximum absolute atomic E-state index is 12.6. The molecule has 1 aromatic carbocycles. The lowest BCUT2D eigenvalue weighted by Gasteiger charge is -2.32. The molecule has 1 aromatic heterocycles. The highest BCUT2D eigenvalue weighted by Gasteiger charge is 2.40. The highest BCUT2D eigenvalue weighted by atomic mass is 16.2.